The van der Waals surface area contributed by atoms with Gasteiger partial charge in [-0.05, 0) is 48.6 Å². The molecule has 2 aromatic carbocycles. The Morgan fingerprint density at radius 1 is 1.12 bits per heavy atom. The van der Waals surface area contributed by atoms with Gasteiger partial charge >= 0.3 is 0 Å². The quantitative estimate of drug-likeness (QED) is 0.344. The van der Waals surface area contributed by atoms with Crippen molar-refractivity contribution >= 4 is 34.9 Å². The second kappa shape index (κ2) is 8.43. The monoisotopic (exact) mass is 385 g/mol. The van der Waals surface area contributed by atoms with E-state index in [0.29, 0.717) is 16.7 Å². The van der Waals surface area contributed by atoms with Gasteiger partial charge in [-0.1, -0.05) is 47.6 Å². The maximum absolute atomic E-state index is 6.49. The lowest BCUT2D eigenvalue weighted by molar-refractivity contribution is 0.414. The van der Waals surface area contributed by atoms with Crippen LogP contribution >= 0.6 is 23.4 Å². The van der Waals surface area contributed by atoms with Gasteiger partial charge in [-0.3, -0.25) is 0 Å². The first-order valence-corrected chi connectivity index (χ1v) is 9.76. The third-order valence-corrected chi connectivity index (χ3v) is 4.80. The fraction of sp³-hybridized carbons (Fsp3) is 0.200. The largest absolute Gasteiger partial charge is 0.497 e. The van der Waals surface area contributed by atoms with Crippen molar-refractivity contribution in [2.24, 2.45) is 0 Å². The van der Waals surface area contributed by atoms with Crippen LogP contribution in [-0.2, 0) is 6.42 Å². The lowest BCUT2D eigenvalue weighted by atomic mass is 10.1. The molecule has 3 rings (SSSR count). The lowest BCUT2D eigenvalue weighted by Crippen LogP contribution is -2.04. The molecule has 1 heterocycles. The summed E-state index contributed by atoms with van der Waals surface area (Å²) in [6, 6.07) is 16.1. The number of nitrogens with one attached hydrogen (secondary N) is 1. The Kier molecular flexibility index (Phi) is 6.01. The standard InChI is InChI=1S/C20H20ClN3OS/c1-13-5-4-6-15(11-13)22-19-17(18(21)23-20(24-19)26-3)12-14-7-9-16(25-2)10-8-14/h4-11H,12H2,1-3H3,(H,22,23,24). The summed E-state index contributed by atoms with van der Waals surface area (Å²) in [6.07, 6.45) is 2.57. The van der Waals surface area contributed by atoms with Crippen LogP contribution in [0.5, 0.6) is 5.75 Å². The van der Waals surface area contributed by atoms with Crippen molar-refractivity contribution in [1.29, 1.82) is 0 Å². The molecule has 0 bridgehead atoms. The van der Waals surface area contributed by atoms with E-state index < -0.39 is 0 Å². The summed E-state index contributed by atoms with van der Waals surface area (Å²) in [4.78, 5) is 9.03. The number of methoxy groups -OCH3 is 1. The zero-order valence-corrected chi connectivity index (χ0v) is 16.5. The molecule has 0 aliphatic rings. The van der Waals surface area contributed by atoms with Gasteiger partial charge in [0.15, 0.2) is 5.16 Å². The number of hydrogen-bond acceptors (Lipinski definition) is 5. The average Bonchev–Trinajstić information content (AvgIpc) is 2.65. The topological polar surface area (TPSA) is 47.0 Å². The van der Waals surface area contributed by atoms with Crippen LogP contribution in [0.3, 0.4) is 0 Å². The summed E-state index contributed by atoms with van der Waals surface area (Å²) in [5, 5.41) is 4.51. The molecule has 0 saturated heterocycles. The van der Waals surface area contributed by atoms with Crippen molar-refractivity contribution in [3.05, 3.63) is 70.4 Å². The molecule has 1 aromatic heterocycles. The molecule has 3 aromatic rings. The van der Waals surface area contributed by atoms with Crippen molar-refractivity contribution in [1.82, 2.24) is 9.97 Å². The van der Waals surface area contributed by atoms with E-state index in [-0.39, 0.29) is 0 Å². The maximum atomic E-state index is 6.49. The van der Waals surface area contributed by atoms with Crippen molar-refractivity contribution in [2.75, 3.05) is 18.7 Å². The number of aryl methyl sites for hydroxylation is 1. The lowest BCUT2D eigenvalue weighted by Gasteiger charge is -2.14. The molecule has 0 fully saturated rings. The van der Waals surface area contributed by atoms with Gasteiger partial charge in [0, 0.05) is 17.7 Å². The molecular formula is C20H20ClN3OS. The normalized spacial score (nSPS) is 10.6. The van der Waals surface area contributed by atoms with Gasteiger partial charge in [0.05, 0.1) is 7.11 Å². The number of thioether (sulfide) groups is 1. The van der Waals surface area contributed by atoms with Crippen LogP contribution in [0.4, 0.5) is 11.5 Å². The van der Waals surface area contributed by atoms with Gasteiger partial charge in [-0.25, -0.2) is 9.97 Å². The minimum atomic E-state index is 0.468. The van der Waals surface area contributed by atoms with Crippen LogP contribution in [0.2, 0.25) is 5.15 Å². The average molecular weight is 386 g/mol. The van der Waals surface area contributed by atoms with E-state index >= 15 is 0 Å². The first-order chi connectivity index (χ1) is 12.6. The molecule has 0 saturated carbocycles. The first kappa shape index (κ1) is 18.5. The fourth-order valence-electron chi connectivity index (χ4n) is 2.60. The zero-order valence-electron chi connectivity index (χ0n) is 14.9. The smallest absolute Gasteiger partial charge is 0.190 e. The molecule has 6 heteroatoms. The molecule has 0 amide bonds. The van der Waals surface area contributed by atoms with Crippen molar-refractivity contribution in [3.8, 4) is 5.75 Å². The van der Waals surface area contributed by atoms with Gasteiger partial charge in [0.1, 0.15) is 16.7 Å². The number of halogens is 1. The van der Waals surface area contributed by atoms with Gasteiger partial charge < -0.3 is 10.1 Å². The molecule has 0 spiro atoms. The maximum Gasteiger partial charge on any atom is 0.190 e. The molecule has 0 radical (unpaired) electrons. The summed E-state index contributed by atoms with van der Waals surface area (Å²) in [6.45, 7) is 2.06. The minimum Gasteiger partial charge on any atom is -0.497 e. The summed E-state index contributed by atoms with van der Waals surface area (Å²) in [5.41, 5.74) is 4.14. The Hall–Kier alpha value is -2.24. The number of benzene rings is 2. The van der Waals surface area contributed by atoms with Crippen LogP contribution in [0.1, 0.15) is 16.7 Å². The van der Waals surface area contributed by atoms with E-state index in [0.717, 1.165) is 28.4 Å². The molecular weight excluding hydrogens is 366 g/mol. The van der Waals surface area contributed by atoms with Crippen molar-refractivity contribution in [3.63, 3.8) is 0 Å². The molecule has 1 N–H and O–H groups in total. The van der Waals surface area contributed by atoms with Crippen LogP contribution in [0.25, 0.3) is 0 Å². The third-order valence-electron chi connectivity index (χ3n) is 3.94. The van der Waals surface area contributed by atoms with Crippen LogP contribution in [0.15, 0.2) is 53.7 Å². The fourth-order valence-corrected chi connectivity index (χ4v) is 3.25. The van der Waals surface area contributed by atoms with E-state index in [1.54, 1.807) is 7.11 Å². The summed E-state index contributed by atoms with van der Waals surface area (Å²) >= 11 is 7.96. The molecule has 0 aliphatic heterocycles. The van der Waals surface area contributed by atoms with Crippen LogP contribution in [0, 0.1) is 6.92 Å². The van der Waals surface area contributed by atoms with Crippen LogP contribution in [-0.4, -0.2) is 23.3 Å². The van der Waals surface area contributed by atoms with E-state index in [4.69, 9.17) is 16.3 Å². The minimum absolute atomic E-state index is 0.468. The predicted octanol–water partition coefficient (Wildman–Crippen LogP) is 5.50. The van der Waals surface area contributed by atoms with Gasteiger partial charge in [-0.15, -0.1) is 0 Å². The van der Waals surface area contributed by atoms with E-state index in [2.05, 4.69) is 34.3 Å². The Balaban J connectivity index is 1.96. The predicted molar refractivity (Wildman–Crippen MR) is 109 cm³/mol. The number of hydrogen-bond donors (Lipinski definition) is 1. The second-order valence-corrected chi connectivity index (χ2v) is 6.98. The van der Waals surface area contributed by atoms with E-state index in [1.807, 2.05) is 42.7 Å². The van der Waals surface area contributed by atoms with E-state index in [1.165, 1.54) is 17.3 Å². The molecule has 4 nitrogen and oxygen atoms in total. The van der Waals surface area contributed by atoms with Gasteiger partial charge in [-0.2, -0.15) is 0 Å². The Bertz CT molecular complexity index is 900. The summed E-state index contributed by atoms with van der Waals surface area (Å²) < 4.78 is 5.22. The first-order valence-electron chi connectivity index (χ1n) is 8.16. The Morgan fingerprint density at radius 2 is 1.88 bits per heavy atom. The molecule has 134 valence electrons. The molecule has 0 aliphatic carbocycles. The second-order valence-electron chi connectivity index (χ2n) is 5.85. The number of rotatable bonds is 6. The highest BCUT2D eigenvalue weighted by Crippen LogP contribution is 2.29. The van der Waals surface area contributed by atoms with Crippen LogP contribution < -0.4 is 10.1 Å². The summed E-state index contributed by atoms with van der Waals surface area (Å²) in [5.74, 6) is 1.56. The molecule has 0 atom stereocenters. The number of aromatic nitrogens is 2. The third kappa shape index (κ3) is 4.48. The van der Waals surface area contributed by atoms with Gasteiger partial charge in [0.2, 0.25) is 0 Å². The Labute approximate surface area is 163 Å². The van der Waals surface area contributed by atoms with Gasteiger partial charge in [0.25, 0.3) is 0 Å². The van der Waals surface area contributed by atoms with Crippen molar-refractivity contribution < 1.29 is 4.74 Å². The van der Waals surface area contributed by atoms with Crippen molar-refractivity contribution in [2.45, 2.75) is 18.5 Å². The number of nitrogens with zero attached hydrogens (tertiary/aromatic N) is 2. The Morgan fingerprint density at radius 3 is 2.54 bits per heavy atom. The highest BCUT2D eigenvalue weighted by Gasteiger charge is 2.14. The highest BCUT2D eigenvalue weighted by atomic mass is 35.5. The molecule has 26 heavy (non-hydrogen) atoms. The summed E-state index contributed by atoms with van der Waals surface area (Å²) in [7, 11) is 1.66. The molecule has 0 unspecified atom stereocenters. The SMILES string of the molecule is COc1ccc(Cc2c(Cl)nc(SC)nc2Nc2cccc(C)c2)cc1. The highest BCUT2D eigenvalue weighted by molar-refractivity contribution is 7.98. The number of ether oxygens (including phenoxy) is 1. The number of anilines is 2. The van der Waals surface area contributed by atoms with E-state index in [9.17, 15) is 0 Å². The zero-order chi connectivity index (χ0) is 18.5.